The van der Waals surface area contributed by atoms with Crippen molar-refractivity contribution < 1.29 is 9.84 Å². The second-order valence-electron chi connectivity index (χ2n) is 10.6. The van der Waals surface area contributed by atoms with Crippen LogP contribution in [0.4, 0.5) is 0 Å². The maximum Gasteiger partial charge on any atom is 0.0693 e. The summed E-state index contributed by atoms with van der Waals surface area (Å²) in [4.78, 5) is 0. The van der Waals surface area contributed by atoms with Crippen molar-refractivity contribution in [2.24, 2.45) is 34.0 Å². The Morgan fingerprint density at radius 1 is 1.05 bits per heavy atom. The lowest BCUT2D eigenvalue weighted by Gasteiger charge is -2.66. The monoisotopic (exact) mass is 304 g/mol. The number of ether oxygens (including phenoxy) is 1. The Morgan fingerprint density at radius 2 is 1.82 bits per heavy atom. The molecule has 0 radical (unpaired) electrons. The van der Waals surface area contributed by atoms with Gasteiger partial charge in [-0.25, -0.2) is 0 Å². The third-order valence-corrected chi connectivity index (χ3v) is 9.34. The second-order valence-corrected chi connectivity index (χ2v) is 10.6. The standard InChI is InChI=1S/C20H32O2/c1-17(2)14-5-8-20-10-12-9-13(22-19(12,4)11-20)16(20)18(14,3)7-6-15(17)21/h12-16,21H,5-11H2,1-4H3/t12-,13+,14-,15-,16+,18-,19+,20+/m1/s1. The highest BCUT2D eigenvalue weighted by molar-refractivity contribution is 5.22. The molecular weight excluding hydrogens is 272 g/mol. The molecule has 6 rings (SSSR count). The summed E-state index contributed by atoms with van der Waals surface area (Å²) in [7, 11) is 0. The molecule has 0 aromatic rings. The van der Waals surface area contributed by atoms with E-state index in [4.69, 9.17) is 4.74 Å². The molecule has 8 atom stereocenters. The van der Waals surface area contributed by atoms with Crippen molar-refractivity contribution in [3.05, 3.63) is 0 Å². The molecule has 22 heavy (non-hydrogen) atoms. The number of aliphatic hydroxyl groups is 1. The molecule has 4 bridgehead atoms. The van der Waals surface area contributed by atoms with Crippen molar-refractivity contribution in [1.82, 2.24) is 0 Å². The Kier molecular flexibility index (Phi) is 2.45. The van der Waals surface area contributed by atoms with Crippen molar-refractivity contribution in [2.75, 3.05) is 0 Å². The van der Waals surface area contributed by atoms with Crippen LogP contribution in [0.3, 0.4) is 0 Å². The van der Waals surface area contributed by atoms with Crippen LogP contribution in [0.2, 0.25) is 0 Å². The topological polar surface area (TPSA) is 29.5 Å². The molecule has 1 spiro atoms. The van der Waals surface area contributed by atoms with Gasteiger partial charge in [-0.05, 0) is 85.9 Å². The van der Waals surface area contributed by atoms with Gasteiger partial charge in [0.05, 0.1) is 17.8 Å². The lowest BCUT2D eigenvalue weighted by atomic mass is 9.40. The highest BCUT2D eigenvalue weighted by atomic mass is 16.5. The van der Waals surface area contributed by atoms with Gasteiger partial charge in [-0.15, -0.1) is 0 Å². The van der Waals surface area contributed by atoms with E-state index in [1.807, 2.05) is 0 Å². The Hall–Kier alpha value is -0.0800. The first-order valence-electron chi connectivity index (χ1n) is 9.57. The molecule has 4 saturated carbocycles. The number of rotatable bonds is 0. The fourth-order valence-electron chi connectivity index (χ4n) is 8.65. The lowest BCUT2D eigenvalue weighted by Crippen LogP contribution is -2.63. The quantitative estimate of drug-likeness (QED) is 0.728. The van der Waals surface area contributed by atoms with Crippen LogP contribution in [0.1, 0.15) is 72.6 Å². The van der Waals surface area contributed by atoms with E-state index in [9.17, 15) is 5.11 Å². The summed E-state index contributed by atoms with van der Waals surface area (Å²) in [5.41, 5.74) is 1.22. The Labute approximate surface area is 135 Å². The van der Waals surface area contributed by atoms with Gasteiger partial charge >= 0.3 is 0 Å². The van der Waals surface area contributed by atoms with E-state index in [1.165, 1.54) is 38.5 Å². The van der Waals surface area contributed by atoms with Gasteiger partial charge in [-0.1, -0.05) is 20.8 Å². The summed E-state index contributed by atoms with van der Waals surface area (Å²) in [6.07, 6.45) is 9.35. The largest absolute Gasteiger partial charge is 0.393 e. The first-order chi connectivity index (χ1) is 10.2. The minimum atomic E-state index is -0.118. The maximum absolute atomic E-state index is 10.6. The minimum absolute atomic E-state index is 0.0666. The zero-order valence-corrected chi connectivity index (χ0v) is 14.7. The molecule has 4 aliphatic carbocycles. The first kappa shape index (κ1) is 14.3. The molecule has 1 N–H and O–H groups in total. The van der Waals surface area contributed by atoms with Crippen LogP contribution in [0.5, 0.6) is 0 Å². The van der Waals surface area contributed by atoms with Crippen LogP contribution in [-0.2, 0) is 4.74 Å². The normalized spacial score (nSPS) is 64.5. The molecule has 2 heterocycles. The Balaban J connectivity index is 1.60. The van der Waals surface area contributed by atoms with Gasteiger partial charge in [-0.3, -0.25) is 0 Å². The first-order valence-corrected chi connectivity index (χ1v) is 9.57. The molecule has 0 aromatic heterocycles. The predicted octanol–water partition coefficient (Wildman–Crippen LogP) is 4.16. The van der Waals surface area contributed by atoms with E-state index in [1.54, 1.807) is 0 Å². The summed E-state index contributed by atoms with van der Waals surface area (Å²) in [5, 5.41) is 10.6. The average Bonchev–Trinajstić information content (AvgIpc) is 2.76. The van der Waals surface area contributed by atoms with E-state index in [-0.39, 0.29) is 17.1 Å². The van der Waals surface area contributed by atoms with E-state index >= 15 is 0 Å². The van der Waals surface area contributed by atoms with Crippen LogP contribution >= 0.6 is 0 Å². The summed E-state index contributed by atoms with van der Waals surface area (Å²) < 4.78 is 6.65. The Morgan fingerprint density at radius 3 is 2.55 bits per heavy atom. The number of fused-ring (bicyclic) bond motifs is 1. The third-order valence-electron chi connectivity index (χ3n) is 9.34. The average molecular weight is 304 g/mol. The van der Waals surface area contributed by atoms with Crippen LogP contribution in [0, 0.1) is 34.0 Å². The molecule has 2 saturated heterocycles. The molecular formula is C20H32O2. The molecule has 124 valence electrons. The van der Waals surface area contributed by atoms with Gasteiger partial charge in [-0.2, -0.15) is 0 Å². The summed E-state index contributed by atoms with van der Waals surface area (Å²) in [5.74, 6) is 2.24. The molecule has 6 fully saturated rings. The van der Waals surface area contributed by atoms with Gasteiger partial charge in [0, 0.05) is 0 Å². The maximum atomic E-state index is 10.6. The van der Waals surface area contributed by atoms with E-state index in [2.05, 4.69) is 27.7 Å². The highest BCUT2D eigenvalue weighted by Gasteiger charge is 2.74. The molecule has 2 nitrogen and oxygen atoms in total. The number of hydrogen-bond acceptors (Lipinski definition) is 2. The van der Waals surface area contributed by atoms with E-state index < -0.39 is 0 Å². The smallest absolute Gasteiger partial charge is 0.0693 e. The highest BCUT2D eigenvalue weighted by Crippen LogP contribution is 2.76. The van der Waals surface area contributed by atoms with Crippen molar-refractivity contribution in [2.45, 2.75) is 90.4 Å². The fraction of sp³-hybridized carbons (Fsp3) is 1.00. The van der Waals surface area contributed by atoms with Crippen molar-refractivity contribution >= 4 is 0 Å². The summed E-state index contributed by atoms with van der Waals surface area (Å²) in [6, 6.07) is 0. The number of hydrogen-bond donors (Lipinski definition) is 1. The van der Waals surface area contributed by atoms with Gasteiger partial charge in [0.2, 0.25) is 0 Å². The van der Waals surface area contributed by atoms with Crippen LogP contribution in [0.15, 0.2) is 0 Å². The summed E-state index contributed by atoms with van der Waals surface area (Å²) >= 11 is 0. The van der Waals surface area contributed by atoms with Crippen LogP contribution in [0.25, 0.3) is 0 Å². The molecule has 2 heteroatoms. The zero-order valence-electron chi connectivity index (χ0n) is 14.7. The van der Waals surface area contributed by atoms with Gasteiger partial charge < -0.3 is 9.84 Å². The molecule has 0 amide bonds. The number of aliphatic hydroxyl groups excluding tert-OH is 1. The van der Waals surface area contributed by atoms with Crippen molar-refractivity contribution in [1.29, 1.82) is 0 Å². The molecule has 0 aromatic carbocycles. The zero-order chi connectivity index (χ0) is 15.5. The van der Waals surface area contributed by atoms with Crippen molar-refractivity contribution in [3.63, 3.8) is 0 Å². The SMILES string of the molecule is CC1(C)[C@H](O)CC[C@]2(C)[C@@H]1CC[C@]13C[C@H]4C[C@H](O[C@@]4(C)C1)[C@H]32. The van der Waals surface area contributed by atoms with Crippen LogP contribution in [-0.4, -0.2) is 22.9 Å². The van der Waals surface area contributed by atoms with Gasteiger partial charge in [0.1, 0.15) is 0 Å². The molecule has 0 unspecified atom stereocenters. The van der Waals surface area contributed by atoms with E-state index in [0.717, 1.165) is 18.3 Å². The fourth-order valence-corrected chi connectivity index (χ4v) is 8.65. The molecule has 6 aliphatic rings. The van der Waals surface area contributed by atoms with Crippen molar-refractivity contribution in [3.8, 4) is 0 Å². The summed E-state index contributed by atoms with van der Waals surface area (Å²) in [6.45, 7) is 9.60. The third kappa shape index (κ3) is 1.38. The predicted molar refractivity (Wildman–Crippen MR) is 86.4 cm³/mol. The second kappa shape index (κ2) is 3.77. The molecule has 2 aliphatic heterocycles. The van der Waals surface area contributed by atoms with Gasteiger partial charge in [0.25, 0.3) is 0 Å². The van der Waals surface area contributed by atoms with Gasteiger partial charge in [0.15, 0.2) is 0 Å². The van der Waals surface area contributed by atoms with E-state index in [0.29, 0.717) is 22.9 Å². The Bertz CT molecular complexity index is 528. The van der Waals surface area contributed by atoms with Crippen LogP contribution < -0.4 is 0 Å². The minimum Gasteiger partial charge on any atom is -0.393 e. The lowest BCUT2D eigenvalue weighted by molar-refractivity contribution is -0.239.